The van der Waals surface area contributed by atoms with E-state index in [9.17, 15) is 4.79 Å². The largest absolute Gasteiger partial charge is 0.377 e. The number of nitrogens with one attached hydrogen (secondary N) is 1. The van der Waals surface area contributed by atoms with Gasteiger partial charge in [-0.1, -0.05) is 5.16 Å². The molecule has 0 aliphatic carbocycles. The molecule has 0 radical (unpaired) electrons. The van der Waals surface area contributed by atoms with Crippen LogP contribution in [0.4, 0.5) is 0 Å². The lowest BCUT2D eigenvalue weighted by Gasteiger charge is -2.22. The zero-order valence-corrected chi connectivity index (χ0v) is 10.6. The van der Waals surface area contributed by atoms with Gasteiger partial charge in [0.1, 0.15) is 6.61 Å². The molecule has 0 atom stereocenters. The average molecular weight is 242 g/mol. The molecular weight excluding hydrogens is 224 g/mol. The second kappa shape index (κ2) is 5.79. The highest BCUT2D eigenvalue weighted by Gasteiger charge is 2.19. The van der Waals surface area contributed by atoms with Crippen LogP contribution < -0.4 is 5.32 Å². The smallest absolute Gasteiger partial charge is 0.273 e. The minimum Gasteiger partial charge on any atom is -0.377 e. The number of hydrogen-bond acceptors (Lipinski definition) is 5. The Balaban J connectivity index is 2.52. The van der Waals surface area contributed by atoms with Crippen LogP contribution >= 0.6 is 0 Å². The van der Waals surface area contributed by atoms with Gasteiger partial charge in [0.2, 0.25) is 0 Å². The fourth-order valence-corrected chi connectivity index (χ4v) is 1.09. The number of amides is 1. The highest BCUT2D eigenvalue weighted by atomic mass is 16.5. The van der Waals surface area contributed by atoms with Gasteiger partial charge in [-0.25, -0.2) is 0 Å². The molecule has 0 unspecified atom stereocenters. The molecule has 0 aliphatic heterocycles. The molecule has 0 fully saturated rings. The molecule has 0 bridgehead atoms. The number of methoxy groups -OCH3 is 2. The van der Waals surface area contributed by atoms with Crippen LogP contribution in [-0.4, -0.2) is 37.4 Å². The van der Waals surface area contributed by atoms with E-state index in [1.165, 1.54) is 0 Å². The maximum Gasteiger partial charge on any atom is 0.273 e. The van der Waals surface area contributed by atoms with E-state index >= 15 is 0 Å². The van der Waals surface area contributed by atoms with Crippen LogP contribution in [0.15, 0.2) is 10.6 Å². The van der Waals surface area contributed by atoms with Crippen molar-refractivity contribution in [1.82, 2.24) is 10.5 Å². The van der Waals surface area contributed by atoms with E-state index < -0.39 is 5.60 Å². The fraction of sp³-hybridized carbons (Fsp3) is 0.636. The number of hydrogen-bond donors (Lipinski definition) is 1. The normalized spacial score (nSPS) is 11.5. The third-order valence-electron chi connectivity index (χ3n) is 2.31. The van der Waals surface area contributed by atoms with Crippen LogP contribution in [-0.2, 0) is 16.1 Å². The van der Waals surface area contributed by atoms with Crippen molar-refractivity contribution < 1.29 is 18.8 Å². The van der Waals surface area contributed by atoms with Crippen molar-refractivity contribution in [2.75, 3.05) is 20.8 Å². The van der Waals surface area contributed by atoms with Gasteiger partial charge in [-0.05, 0) is 13.8 Å². The van der Waals surface area contributed by atoms with Gasteiger partial charge in [0.25, 0.3) is 5.91 Å². The van der Waals surface area contributed by atoms with Crippen molar-refractivity contribution >= 4 is 5.91 Å². The highest BCUT2D eigenvalue weighted by molar-refractivity contribution is 5.92. The lowest BCUT2D eigenvalue weighted by molar-refractivity contribution is 0.0228. The van der Waals surface area contributed by atoms with Crippen LogP contribution in [0.5, 0.6) is 0 Å². The molecule has 1 amide bonds. The van der Waals surface area contributed by atoms with Gasteiger partial charge in [0.05, 0.1) is 5.60 Å². The molecular formula is C11H18N2O4. The number of nitrogens with zero attached hydrogens (tertiary/aromatic N) is 1. The lowest BCUT2D eigenvalue weighted by Crippen LogP contribution is -2.39. The maximum atomic E-state index is 11.7. The summed E-state index contributed by atoms with van der Waals surface area (Å²) in [6.45, 7) is 4.46. The Hall–Kier alpha value is -1.40. The third kappa shape index (κ3) is 4.16. The summed E-state index contributed by atoms with van der Waals surface area (Å²) in [5.74, 6) is 0.227. The Morgan fingerprint density at radius 1 is 1.53 bits per heavy atom. The van der Waals surface area contributed by atoms with Crippen molar-refractivity contribution in [1.29, 1.82) is 0 Å². The molecule has 1 N–H and O–H groups in total. The first kappa shape index (κ1) is 13.7. The first-order chi connectivity index (χ1) is 7.98. The molecule has 1 aromatic heterocycles. The average Bonchev–Trinajstić information content (AvgIpc) is 2.75. The molecule has 1 aromatic rings. The van der Waals surface area contributed by atoms with Crippen LogP contribution in [0.25, 0.3) is 0 Å². The fourth-order valence-electron chi connectivity index (χ4n) is 1.09. The van der Waals surface area contributed by atoms with Gasteiger partial charge in [0, 0.05) is 26.8 Å². The Morgan fingerprint density at radius 2 is 2.24 bits per heavy atom. The zero-order chi connectivity index (χ0) is 12.9. The molecule has 6 nitrogen and oxygen atoms in total. The Morgan fingerprint density at radius 3 is 2.82 bits per heavy atom. The molecule has 0 aromatic carbocycles. The third-order valence-corrected chi connectivity index (χ3v) is 2.31. The van der Waals surface area contributed by atoms with E-state index in [0.29, 0.717) is 18.9 Å². The second-order valence-electron chi connectivity index (χ2n) is 4.26. The predicted molar refractivity (Wildman–Crippen MR) is 60.6 cm³/mol. The molecule has 17 heavy (non-hydrogen) atoms. The summed E-state index contributed by atoms with van der Waals surface area (Å²) in [7, 11) is 3.14. The summed E-state index contributed by atoms with van der Waals surface area (Å²) < 4.78 is 15.0. The van der Waals surface area contributed by atoms with Crippen LogP contribution in [0, 0.1) is 0 Å². The Kier molecular flexibility index (Phi) is 4.65. The van der Waals surface area contributed by atoms with E-state index in [1.807, 2.05) is 13.8 Å². The molecule has 0 saturated carbocycles. The summed E-state index contributed by atoms with van der Waals surface area (Å²) in [6, 6.07) is 1.55. The van der Waals surface area contributed by atoms with Crippen molar-refractivity contribution in [3.8, 4) is 0 Å². The van der Waals surface area contributed by atoms with E-state index in [1.54, 1.807) is 20.3 Å². The number of carbonyl (C=O) groups is 1. The molecule has 0 aliphatic rings. The number of aromatic nitrogens is 1. The standard InChI is InChI=1S/C11H18N2O4/c1-11(2,16-4)7-12-10(14)9-5-8(6-15-3)17-13-9/h5H,6-7H2,1-4H3,(H,12,14). The minimum absolute atomic E-state index is 0.240. The number of ether oxygens (including phenoxy) is 2. The van der Waals surface area contributed by atoms with Gasteiger partial charge < -0.3 is 19.3 Å². The van der Waals surface area contributed by atoms with E-state index in [0.717, 1.165) is 0 Å². The topological polar surface area (TPSA) is 73.6 Å². The molecule has 96 valence electrons. The van der Waals surface area contributed by atoms with Crippen molar-refractivity contribution in [3.63, 3.8) is 0 Å². The minimum atomic E-state index is -0.408. The van der Waals surface area contributed by atoms with E-state index in [2.05, 4.69) is 10.5 Å². The summed E-state index contributed by atoms with van der Waals surface area (Å²) >= 11 is 0. The molecule has 0 saturated heterocycles. The molecule has 0 spiro atoms. The van der Waals surface area contributed by atoms with Crippen LogP contribution in [0.2, 0.25) is 0 Å². The van der Waals surface area contributed by atoms with Gasteiger partial charge in [0.15, 0.2) is 11.5 Å². The first-order valence-electron chi connectivity index (χ1n) is 5.26. The lowest BCUT2D eigenvalue weighted by atomic mass is 10.1. The van der Waals surface area contributed by atoms with Crippen LogP contribution in [0.1, 0.15) is 30.1 Å². The summed E-state index contributed by atoms with van der Waals surface area (Å²) in [5.41, 5.74) is -0.168. The van der Waals surface area contributed by atoms with Crippen molar-refractivity contribution in [2.45, 2.75) is 26.1 Å². The quantitative estimate of drug-likeness (QED) is 0.804. The SMILES string of the molecule is COCc1cc(C(=O)NCC(C)(C)OC)no1. The van der Waals surface area contributed by atoms with Gasteiger partial charge in [-0.2, -0.15) is 0 Å². The van der Waals surface area contributed by atoms with Gasteiger partial charge in [-0.15, -0.1) is 0 Å². The molecule has 1 heterocycles. The van der Waals surface area contributed by atoms with E-state index in [4.69, 9.17) is 14.0 Å². The van der Waals surface area contributed by atoms with Gasteiger partial charge >= 0.3 is 0 Å². The maximum absolute atomic E-state index is 11.7. The predicted octanol–water partition coefficient (Wildman–Crippen LogP) is 0.976. The number of rotatable bonds is 6. The van der Waals surface area contributed by atoms with Crippen LogP contribution in [0.3, 0.4) is 0 Å². The first-order valence-corrected chi connectivity index (χ1v) is 5.26. The summed E-state index contributed by atoms with van der Waals surface area (Å²) in [5, 5.41) is 6.37. The zero-order valence-electron chi connectivity index (χ0n) is 10.6. The van der Waals surface area contributed by atoms with Crippen molar-refractivity contribution in [3.05, 3.63) is 17.5 Å². The Labute approximate surface area is 100 Å². The Bertz CT molecular complexity index is 373. The summed E-state index contributed by atoms with van der Waals surface area (Å²) in [6.07, 6.45) is 0. The monoisotopic (exact) mass is 242 g/mol. The van der Waals surface area contributed by atoms with Gasteiger partial charge in [-0.3, -0.25) is 4.79 Å². The molecule has 1 rings (SSSR count). The second-order valence-corrected chi connectivity index (χ2v) is 4.26. The van der Waals surface area contributed by atoms with E-state index in [-0.39, 0.29) is 11.6 Å². The molecule has 6 heteroatoms. The summed E-state index contributed by atoms with van der Waals surface area (Å²) in [4.78, 5) is 11.7. The number of carbonyl (C=O) groups excluding carboxylic acids is 1. The van der Waals surface area contributed by atoms with Crippen molar-refractivity contribution in [2.24, 2.45) is 0 Å². The highest BCUT2D eigenvalue weighted by Crippen LogP contribution is 2.07.